The topological polar surface area (TPSA) is 75.7 Å². The molecule has 2 aromatic rings. The Bertz CT molecular complexity index is 910. The van der Waals surface area contributed by atoms with Crippen molar-refractivity contribution >= 4 is 15.9 Å². The average molecular weight is 388 g/mol. The third-order valence-corrected chi connectivity index (χ3v) is 6.59. The Morgan fingerprint density at radius 1 is 1.15 bits per heavy atom. The lowest BCUT2D eigenvalue weighted by molar-refractivity contribution is -0.125. The molecule has 6 nitrogen and oxygen atoms in total. The Morgan fingerprint density at radius 3 is 2.44 bits per heavy atom. The van der Waals surface area contributed by atoms with Crippen molar-refractivity contribution < 1.29 is 17.9 Å². The number of hydrogen-bond acceptors (Lipinski definition) is 4. The second kappa shape index (κ2) is 8.10. The van der Waals surface area contributed by atoms with Crippen molar-refractivity contribution in [2.45, 2.75) is 37.2 Å². The minimum absolute atomic E-state index is 0.149. The predicted molar refractivity (Wildman–Crippen MR) is 103 cm³/mol. The molecule has 0 unspecified atom stereocenters. The fourth-order valence-corrected chi connectivity index (χ4v) is 4.79. The number of methoxy groups -OCH3 is 1. The molecule has 0 aliphatic carbocycles. The van der Waals surface area contributed by atoms with Gasteiger partial charge in [-0.3, -0.25) is 4.79 Å². The third kappa shape index (κ3) is 3.99. The van der Waals surface area contributed by atoms with Gasteiger partial charge in [0, 0.05) is 13.1 Å². The van der Waals surface area contributed by atoms with E-state index in [0.29, 0.717) is 18.7 Å². The van der Waals surface area contributed by atoms with Crippen LogP contribution in [-0.2, 0) is 27.8 Å². The van der Waals surface area contributed by atoms with Crippen LogP contribution < -0.4 is 10.1 Å². The number of rotatable bonds is 6. The van der Waals surface area contributed by atoms with E-state index in [4.69, 9.17) is 4.74 Å². The molecule has 27 heavy (non-hydrogen) atoms. The van der Waals surface area contributed by atoms with Crippen molar-refractivity contribution in [2.75, 3.05) is 13.7 Å². The first kappa shape index (κ1) is 19.4. The van der Waals surface area contributed by atoms with Crippen molar-refractivity contribution in [1.29, 1.82) is 0 Å². The van der Waals surface area contributed by atoms with Gasteiger partial charge in [0.1, 0.15) is 11.8 Å². The van der Waals surface area contributed by atoms with E-state index in [-0.39, 0.29) is 17.3 Å². The quantitative estimate of drug-likeness (QED) is 0.824. The SMILES string of the molecule is CCCNC(=O)[C@H]1Cc2ccccc2CN1S(=O)(=O)c1ccc(OC)cc1. The zero-order chi connectivity index (χ0) is 19.4. The smallest absolute Gasteiger partial charge is 0.244 e. The molecule has 1 heterocycles. The van der Waals surface area contributed by atoms with Gasteiger partial charge < -0.3 is 10.1 Å². The standard InChI is InChI=1S/C20H24N2O4S/c1-3-12-21-20(23)19-13-15-6-4-5-7-16(15)14-22(19)27(24,25)18-10-8-17(26-2)9-11-18/h4-11,19H,3,12-14H2,1-2H3,(H,21,23)/t19-/m1/s1. The molecule has 2 aromatic carbocycles. The highest BCUT2D eigenvalue weighted by Gasteiger charge is 2.39. The summed E-state index contributed by atoms with van der Waals surface area (Å²) >= 11 is 0. The lowest BCUT2D eigenvalue weighted by atomic mass is 9.95. The Hall–Kier alpha value is -2.38. The van der Waals surface area contributed by atoms with Crippen molar-refractivity contribution in [1.82, 2.24) is 9.62 Å². The van der Waals surface area contributed by atoms with Gasteiger partial charge in [0.25, 0.3) is 0 Å². The molecule has 0 fully saturated rings. The van der Waals surface area contributed by atoms with Gasteiger partial charge in [-0.15, -0.1) is 0 Å². The van der Waals surface area contributed by atoms with E-state index in [9.17, 15) is 13.2 Å². The summed E-state index contributed by atoms with van der Waals surface area (Å²) in [6, 6.07) is 13.1. The molecular weight excluding hydrogens is 364 g/mol. The van der Waals surface area contributed by atoms with Gasteiger partial charge in [-0.25, -0.2) is 8.42 Å². The number of benzene rings is 2. The van der Waals surface area contributed by atoms with Crippen LogP contribution in [0.15, 0.2) is 53.4 Å². The van der Waals surface area contributed by atoms with Crippen LogP contribution in [0.5, 0.6) is 5.75 Å². The first-order chi connectivity index (χ1) is 13.0. The fourth-order valence-electron chi connectivity index (χ4n) is 3.22. The molecule has 0 saturated carbocycles. The maximum absolute atomic E-state index is 13.3. The first-order valence-electron chi connectivity index (χ1n) is 8.97. The zero-order valence-electron chi connectivity index (χ0n) is 15.5. The lowest BCUT2D eigenvalue weighted by Crippen LogP contribution is -2.52. The Balaban J connectivity index is 1.98. The second-order valence-corrected chi connectivity index (χ2v) is 8.40. The van der Waals surface area contributed by atoms with E-state index in [2.05, 4.69) is 5.32 Å². The van der Waals surface area contributed by atoms with Crippen LogP contribution in [0.2, 0.25) is 0 Å². The summed E-state index contributed by atoms with van der Waals surface area (Å²) in [7, 11) is -2.31. The minimum Gasteiger partial charge on any atom is -0.497 e. The summed E-state index contributed by atoms with van der Waals surface area (Å²) in [5.41, 5.74) is 1.93. The van der Waals surface area contributed by atoms with Gasteiger partial charge in [0.05, 0.1) is 12.0 Å². The summed E-state index contributed by atoms with van der Waals surface area (Å²) in [4.78, 5) is 12.9. The van der Waals surface area contributed by atoms with Crippen LogP contribution in [0.25, 0.3) is 0 Å². The number of carbonyl (C=O) groups is 1. The van der Waals surface area contributed by atoms with E-state index in [1.54, 1.807) is 12.1 Å². The minimum atomic E-state index is -3.83. The largest absolute Gasteiger partial charge is 0.497 e. The summed E-state index contributed by atoms with van der Waals surface area (Å²) < 4.78 is 33.0. The van der Waals surface area contributed by atoms with Crippen molar-refractivity contribution in [3.63, 3.8) is 0 Å². The highest BCUT2D eigenvalue weighted by atomic mass is 32.2. The summed E-state index contributed by atoms with van der Waals surface area (Å²) in [6.07, 6.45) is 1.15. The van der Waals surface area contributed by atoms with E-state index in [0.717, 1.165) is 17.5 Å². The number of hydrogen-bond donors (Lipinski definition) is 1. The highest BCUT2D eigenvalue weighted by molar-refractivity contribution is 7.89. The maximum atomic E-state index is 13.3. The molecule has 1 N–H and O–H groups in total. The van der Waals surface area contributed by atoms with Crippen molar-refractivity contribution in [2.24, 2.45) is 0 Å². The number of carbonyl (C=O) groups excluding carboxylic acids is 1. The van der Waals surface area contributed by atoms with Crippen LogP contribution in [0.3, 0.4) is 0 Å². The number of nitrogens with zero attached hydrogens (tertiary/aromatic N) is 1. The van der Waals surface area contributed by atoms with Gasteiger partial charge >= 0.3 is 0 Å². The maximum Gasteiger partial charge on any atom is 0.244 e. The van der Waals surface area contributed by atoms with Crippen LogP contribution in [-0.4, -0.2) is 38.3 Å². The number of amides is 1. The monoisotopic (exact) mass is 388 g/mol. The van der Waals surface area contributed by atoms with E-state index in [1.165, 1.54) is 23.5 Å². The van der Waals surface area contributed by atoms with E-state index >= 15 is 0 Å². The average Bonchev–Trinajstić information content (AvgIpc) is 2.71. The number of ether oxygens (including phenoxy) is 1. The van der Waals surface area contributed by atoms with Crippen LogP contribution in [0.1, 0.15) is 24.5 Å². The lowest BCUT2D eigenvalue weighted by Gasteiger charge is -2.35. The van der Waals surface area contributed by atoms with Crippen LogP contribution in [0.4, 0.5) is 0 Å². The molecule has 1 amide bonds. The number of nitrogens with one attached hydrogen (secondary N) is 1. The Labute approximate surface area is 160 Å². The molecular formula is C20H24N2O4S. The summed E-state index contributed by atoms with van der Waals surface area (Å²) in [6.45, 7) is 2.66. The Morgan fingerprint density at radius 2 is 1.81 bits per heavy atom. The molecule has 0 saturated heterocycles. The molecule has 0 bridgehead atoms. The molecule has 1 aliphatic heterocycles. The molecule has 0 radical (unpaired) electrons. The second-order valence-electron chi connectivity index (χ2n) is 6.51. The molecule has 1 atom stereocenters. The third-order valence-electron chi connectivity index (χ3n) is 4.72. The van der Waals surface area contributed by atoms with Crippen LogP contribution >= 0.6 is 0 Å². The van der Waals surface area contributed by atoms with Gasteiger partial charge in [-0.2, -0.15) is 4.31 Å². The zero-order valence-corrected chi connectivity index (χ0v) is 16.3. The Kier molecular flexibility index (Phi) is 5.82. The molecule has 144 valence electrons. The highest BCUT2D eigenvalue weighted by Crippen LogP contribution is 2.29. The van der Waals surface area contributed by atoms with E-state index < -0.39 is 16.1 Å². The summed E-state index contributed by atoms with van der Waals surface area (Å²) in [5.74, 6) is 0.318. The molecule has 0 spiro atoms. The van der Waals surface area contributed by atoms with Crippen molar-refractivity contribution in [3.05, 3.63) is 59.7 Å². The van der Waals surface area contributed by atoms with Gasteiger partial charge in [0.15, 0.2) is 0 Å². The van der Waals surface area contributed by atoms with Crippen molar-refractivity contribution in [3.8, 4) is 5.75 Å². The van der Waals surface area contributed by atoms with Gasteiger partial charge in [-0.1, -0.05) is 31.2 Å². The van der Waals surface area contributed by atoms with E-state index in [1.807, 2.05) is 31.2 Å². The predicted octanol–water partition coefficient (Wildman–Crippen LogP) is 2.34. The van der Waals surface area contributed by atoms with Crippen LogP contribution in [0, 0.1) is 0 Å². The molecule has 1 aliphatic rings. The molecule has 7 heteroatoms. The fraction of sp³-hybridized carbons (Fsp3) is 0.350. The molecule has 3 rings (SSSR count). The van der Waals surface area contributed by atoms with Gasteiger partial charge in [0.2, 0.25) is 15.9 Å². The number of sulfonamides is 1. The molecule has 0 aromatic heterocycles. The normalized spacial score (nSPS) is 17.2. The summed E-state index contributed by atoms with van der Waals surface area (Å²) in [5, 5.41) is 2.84. The first-order valence-corrected chi connectivity index (χ1v) is 10.4. The number of fused-ring (bicyclic) bond motifs is 1. The van der Waals surface area contributed by atoms with Gasteiger partial charge in [-0.05, 0) is 48.2 Å².